The molecule has 0 saturated carbocycles. The Morgan fingerprint density at radius 3 is 2.70 bits per heavy atom. The van der Waals surface area contributed by atoms with Gasteiger partial charge in [-0.15, -0.1) is 0 Å². The highest BCUT2D eigenvalue weighted by molar-refractivity contribution is 9.10. The molecule has 1 aliphatic heterocycles. The Morgan fingerprint density at radius 1 is 1.25 bits per heavy atom. The van der Waals surface area contributed by atoms with E-state index in [1.165, 1.54) is 0 Å². The van der Waals surface area contributed by atoms with Gasteiger partial charge >= 0.3 is 0 Å². The standard InChI is InChI=1S/C16H13BrO3/c17-15-7-6-12(19-9-13-10-20-13)8-14(15)16(18)11-4-2-1-3-5-11/h1-8,13H,9-10H2. The zero-order valence-electron chi connectivity index (χ0n) is 10.7. The number of ether oxygens (including phenoxy) is 2. The molecule has 1 saturated heterocycles. The number of hydrogen-bond donors (Lipinski definition) is 0. The number of rotatable bonds is 5. The molecule has 4 heteroatoms. The second-order valence-electron chi connectivity index (χ2n) is 4.60. The van der Waals surface area contributed by atoms with Crippen LogP contribution in [0.4, 0.5) is 0 Å². The van der Waals surface area contributed by atoms with Crippen molar-refractivity contribution < 1.29 is 14.3 Å². The predicted octanol–water partition coefficient (Wildman–Crippen LogP) is 3.46. The summed E-state index contributed by atoms with van der Waals surface area (Å²) in [5.41, 5.74) is 1.27. The van der Waals surface area contributed by atoms with Crippen molar-refractivity contribution in [1.29, 1.82) is 0 Å². The largest absolute Gasteiger partial charge is 0.491 e. The minimum absolute atomic E-state index is 0.0226. The van der Waals surface area contributed by atoms with Crippen LogP contribution in [0.5, 0.6) is 5.75 Å². The molecule has 2 aromatic rings. The van der Waals surface area contributed by atoms with Gasteiger partial charge in [0.1, 0.15) is 18.5 Å². The minimum Gasteiger partial charge on any atom is -0.491 e. The third-order valence-electron chi connectivity index (χ3n) is 3.06. The van der Waals surface area contributed by atoms with Crippen molar-refractivity contribution in [2.75, 3.05) is 13.2 Å². The molecule has 3 nitrogen and oxygen atoms in total. The smallest absolute Gasteiger partial charge is 0.194 e. The van der Waals surface area contributed by atoms with Gasteiger partial charge in [0.25, 0.3) is 0 Å². The number of ketones is 1. The van der Waals surface area contributed by atoms with Gasteiger partial charge in [-0.2, -0.15) is 0 Å². The van der Waals surface area contributed by atoms with Crippen LogP contribution in [0.1, 0.15) is 15.9 Å². The molecular formula is C16H13BrO3. The Bertz CT molecular complexity index is 621. The van der Waals surface area contributed by atoms with Crippen LogP contribution in [0.25, 0.3) is 0 Å². The molecule has 1 heterocycles. The van der Waals surface area contributed by atoms with Gasteiger partial charge < -0.3 is 9.47 Å². The number of benzene rings is 2. The van der Waals surface area contributed by atoms with Gasteiger partial charge in [-0.05, 0) is 18.2 Å². The van der Waals surface area contributed by atoms with E-state index in [1.807, 2.05) is 30.3 Å². The molecule has 0 aromatic heterocycles. The summed E-state index contributed by atoms with van der Waals surface area (Å²) in [5.74, 6) is 0.661. The quantitative estimate of drug-likeness (QED) is 0.621. The fraction of sp³-hybridized carbons (Fsp3) is 0.188. The lowest BCUT2D eigenvalue weighted by atomic mass is 10.0. The van der Waals surface area contributed by atoms with Crippen LogP contribution in [0.3, 0.4) is 0 Å². The molecule has 1 atom stereocenters. The van der Waals surface area contributed by atoms with Crippen LogP contribution in [-0.4, -0.2) is 25.1 Å². The predicted molar refractivity (Wildman–Crippen MR) is 79.3 cm³/mol. The average Bonchev–Trinajstić information content (AvgIpc) is 3.31. The highest BCUT2D eigenvalue weighted by Crippen LogP contribution is 2.25. The van der Waals surface area contributed by atoms with E-state index < -0.39 is 0 Å². The van der Waals surface area contributed by atoms with E-state index in [1.54, 1.807) is 18.2 Å². The first kappa shape index (κ1) is 13.3. The maximum absolute atomic E-state index is 12.5. The van der Waals surface area contributed by atoms with Gasteiger partial charge in [0.2, 0.25) is 0 Å². The summed E-state index contributed by atoms with van der Waals surface area (Å²) < 4.78 is 11.5. The maximum atomic E-state index is 12.5. The summed E-state index contributed by atoms with van der Waals surface area (Å²) in [5, 5.41) is 0. The molecular weight excluding hydrogens is 320 g/mol. The van der Waals surface area contributed by atoms with E-state index in [4.69, 9.17) is 9.47 Å². The van der Waals surface area contributed by atoms with Gasteiger partial charge in [-0.1, -0.05) is 46.3 Å². The SMILES string of the molecule is O=C(c1ccccc1)c1cc(OCC2CO2)ccc1Br. The van der Waals surface area contributed by atoms with Crippen LogP contribution in [-0.2, 0) is 4.74 Å². The molecule has 2 aromatic carbocycles. The van der Waals surface area contributed by atoms with Crippen molar-refractivity contribution >= 4 is 21.7 Å². The molecule has 0 radical (unpaired) electrons. The lowest BCUT2D eigenvalue weighted by Gasteiger charge is -2.08. The normalized spacial score (nSPS) is 16.8. The first-order valence-corrected chi connectivity index (χ1v) is 7.17. The summed E-state index contributed by atoms with van der Waals surface area (Å²) in [6.07, 6.45) is 0.201. The van der Waals surface area contributed by atoms with Crippen molar-refractivity contribution in [1.82, 2.24) is 0 Å². The van der Waals surface area contributed by atoms with E-state index in [9.17, 15) is 4.79 Å². The Balaban J connectivity index is 1.83. The van der Waals surface area contributed by atoms with E-state index in [2.05, 4.69) is 15.9 Å². The number of hydrogen-bond acceptors (Lipinski definition) is 3. The van der Waals surface area contributed by atoms with E-state index in [0.717, 1.165) is 11.1 Å². The van der Waals surface area contributed by atoms with Crippen molar-refractivity contribution in [3.05, 3.63) is 64.1 Å². The molecule has 1 fully saturated rings. The molecule has 0 aliphatic carbocycles. The van der Waals surface area contributed by atoms with Crippen LogP contribution >= 0.6 is 15.9 Å². The van der Waals surface area contributed by atoms with Crippen LogP contribution in [0.2, 0.25) is 0 Å². The van der Waals surface area contributed by atoms with Crippen molar-refractivity contribution in [2.45, 2.75) is 6.10 Å². The number of carbonyl (C=O) groups excluding carboxylic acids is 1. The molecule has 20 heavy (non-hydrogen) atoms. The fourth-order valence-electron chi connectivity index (χ4n) is 1.87. The Hall–Kier alpha value is -1.65. The number of carbonyl (C=O) groups is 1. The topological polar surface area (TPSA) is 38.8 Å². The lowest BCUT2D eigenvalue weighted by Crippen LogP contribution is -2.06. The molecule has 1 aliphatic rings. The molecule has 102 valence electrons. The monoisotopic (exact) mass is 332 g/mol. The zero-order chi connectivity index (χ0) is 13.9. The van der Waals surface area contributed by atoms with Gasteiger partial charge in [0.05, 0.1) is 6.61 Å². The molecule has 1 unspecified atom stereocenters. The molecule has 0 N–H and O–H groups in total. The molecule has 0 spiro atoms. The van der Waals surface area contributed by atoms with Gasteiger partial charge in [0.15, 0.2) is 5.78 Å². The van der Waals surface area contributed by atoms with E-state index in [0.29, 0.717) is 23.5 Å². The second-order valence-corrected chi connectivity index (χ2v) is 5.46. The minimum atomic E-state index is -0.0226. The fourth-order valence-corrected chi connectivity index (χ4v) is 2.29. The highest BCUT2D eigenvalue weighted by Gasteiger charge is 2.23. The summed E-state index contributed by atoms with van der Waals surface area (Å²) >= 11 is 3.42. The van der Waals surface area contributed by atoms with Gasteiger partial charge in [0, 0.05) is 15.6 Å². The van der Waals surface area contributed by atoms with Crippen LogP contribution in [0.15, 0.2) is 53.0 Å². The summed E-state index contributed by atoms with van der Waals surface area (Å²) in [4.78, 5) is 12.5. The van der Waals surface area contributed by atoms with Crippen LogP contribution < -0.4 is 4.74 Å². The highest BCUT2D eigenvalue weighted by atomic mass is 79.9. The van der Waals surface area contributed by atoms with Gasteiger partial charge in [-0.25, -0.2) is 0 Å². The Labute approximate surface area is 125 Å². The molecule has 0 bridgehead atoms. The number of halogens is 1. The Kier molecular flexibility index (Phi) is 3.85. The van der Waals surface area contributed by atoms with E-state index in [-0.39, 0.29) is 11.9 Å². The zero-order valence-corrected chi connectivity index (χ0v) is 12.3. The van der Waals surface area contributed by atoms with Gasteiger partial charge in [-0.3, -0.25) is 4.79 Å². The van der Waals surface area contributed by atoms with Crippen LogP contribution in [0, 0.1) is 0 Å². The average molecular weight is 333 g/mol. The lowest BCUT2D eigenvalue weighted by molar-refractivity contribution is 0.103. The summed E-state index contributed by atoms with van der Waals surface area (Å²) in [7, 11) is 0. The molecule has 0 amide bonds. The Morgan fingerprint density at radius 2 is 2.00 bits per heavy atom. The summed E-state index contributed by atoms with van der Waals surface area (Å²) in [6.45, 7) is 1.28. The first-order chi connectivity index (χ1) is 9.74. The second kappa shape index (κ2) is 5.77. The van der Waals surface area contributed by atoms with Crippen molar-refractivity contribution in [3.63, 3.8) is 0 Å². The number of epoxide rings is 1. The third-order valence-corrected chi connectivity index (χ3v) is 3.75. The van der Waals surface area contributed by atoms with E-state index >= 15 is 0 Å². The third kappa shape index (κ3) is 3.08. The maximum Gasteiger partial charge on any atom is 0.194 e. The summed E-state index contributed by atoms with van der Waals surface area (Å²) in [6, 6.07) is 14.6. The van der Waals surface area contributed by atoms with Crippen molar-refractivity contribution in [2.24, 2.45) is 0 Å². The molecule has 3 rings (SSSR count). The first-order valence-electron chi connectivity index (χ1n) is 6.38. The van der Waals surface area contributed by atoms with Crippen molar-refractivity contribution in [3.8, 4) is 5.75 Å².